The van der Waals surface area contributed by atoms with E-state index in [1.165, 1.54) is 6.07 Å². The van der Waals surface area contributed by atoms with Crippen LogP contribution in [0.25, 0.3) is 0 Å². The summed E-state index contributed by atoms with van der Waals surface area (Å²) in [5.74, 6) is -0.712. The largest absolute Gasteiger partial charge is 0.374 e. The van der Waals surface area contributed by atoms with E-state index in [4.69, 9.17) is 5.73 Å². The van der Waals surface area contributed by atoms with Crippen molar-refractivity contribution in [3.63, 3.8) is 0 Å². The van der Waals surface area contributed by atoms with Crippen molar-refractivity contribution >= 4 is 10.0 Å². The lowest BCUT2D eigenvalue weighted by Gasteiger charge is -2.10. The van der Waals surface area contributed by atoms with Crippen LogP contribution in [0, 0.1) is 5.82 Å². The second-order valence-corrected chi connectivity index (χ2v) is 5.56. The molecule has 0 saturated heterocycles. The van der Waals surface area contributed by atoms with Gasteiger partial charge in [-0.25, -0.2) is 26.3 Å². The first-order valence-electron chi connectivity index (χ1n) is 5.71. The number of ether oxygens (including phenoxy) is 1. The summed E-state index contributed by atoms with van der Waals surface area (Å²) >= 11 is 0. The predicted molar refractivity (Wildman–Crippen MR) is 66.3 cm³/mol. The number of halogens is 3. The smallest absolute Gasteiger partial charge is 0.261 e. The maximum absolute atomic E-state index is 13.1. The molecule has 0 bridgehead atoms. The Kier molecular flexibility index (Phi) is 6.40. The molecule has 0 amide bonds. The summed E-state index contributed by atoms with van der Waals surface area (Å²) in [7, 11) is -3.96. The average molecular weight is 312 g/mol. The van der Waals surface area contributed by atoms with E-state index in [-0.39, 0.29) is 30.2 Å². The molecule has 20 heavy (non-hydrogen) atoms. The summed E-state index contributed by atoms with van der Waals surface area (Å²) in [6.45, 7) is -1.25. The minimum absolute atomic E-state index is 0.0710. The Labute approximate surface area is 115 Å². The zero-order valence-corrected chi connectivity index (χ0v) is 11.3. The minimum Gasteiger partial charge on any atom is -0.374 e. The highest BCUT2D eigenvalue weighted by molar-refractivity contribution is 7.89. The fourth-order valence-electron chi connectivity index (χ4n) is 1.45. The molecule has 0 fully saturated rings. The molecule has 0 heterocycles. The van der Waals surface area contributed by atoms with Crippen LogP contribution in [0.2, 0.25) is 0 Å². The monoisotopic (exact) mass is 312 g/mol. The van der Waals surface area contributed by atoms with Crippen molar-refractivity contribution in [3.8, 4) is 0 Å². The number of hydrogen-bond acceptors (Lipinski definition) is 4. The van der Waals surface area contributed by atoms with Crippen LogP contribution in [-0.2, 0) is 21.3 Å². The lowest BCUT2D eigenvalue weighted by atomic mass is 10.2. The maximum atomic E-state index is 13.1. The molecule has 0 atom stereocenters. The third-order valence-corrected chi connectivity index (χ3v) is 3.86. The molecule has 0 saturated carbocycles. The highest BCUT2D eigenvalue weighted by atomic mass is 32.2. The molecule has 0 aliphatic rings. The third kappa shape index (κ3) is 5.08. The van der Waals surface area contributed by atoms with Crippen LogP contribution >= 0.6 is 0 Å². The molecule has 0 unspecified atom stereocenters. The van der Waals surface area contributed by atoms with Gasteiger partial charge in [0, 0.05) is 13.1 Å². The van der Waals surface area contributed by atoms with Crippen molar-refractivity contribution in [2.75, 3.05) is 19.8 Å². The summed E-state index contributed by atoms with van der Waals surface area (Å²) < 4.78 is 67.2. The molecule has 1 rings (SSSR count). The number of benzene rings is 1. The first-order valence-corrected chi connectivity index (χ1v) is 7.19. The first-order chi connectivity index (χ1) is 9.36. The van der Waals surface area contributed by atoms with Crippen LogP contribution in [0.5, 0.6) is 0 Å². The molecule has 9 heteroatoms. The van der Waals surface area contributed by atoms with Gasteiger partial charge in [-0.1, -0.05) is 6.07 Å². The Morgan fingerprint density at radius 3 is 2.65 bits per heavy atom. The Hall–Kier alpha value is -1.16. The molecule has 3 N–H and O–H groups in total. The van der Waals surface area contributed by atoms with Gasteiger partial charge in [0.15, 0.2) is 0 Å². The molecular weight excluding hydrogens is 297 g/mol. The fraction of sp³-hybridized carbons (Fsp3) is 0.455. The lowest BCUT2D eigenvalue weighted by molar-refractivity contribution is 0.0199. The van der Waals surface area contributed by atoms with E-state index >= 15 is 0 Å². The molecule has 114 valence electrons. The second-order valence-electron chi connectivity index (χ2n) is 3.82. The van der Waals surface area contributed by atoms with Gasteiger partial charge in [-0.15, -0.1) is 0 Å². The molecule has 1 aromatic carbocycles. The molecule has 0 aliphatic carbocycles. The Morgan fingerprint density at radius 2 is 2.05 bits per heavy atom. The molecule has 1 aromatic rings. The Balaban J connectivity index is 2.67. The van der Waals surface area contributed by atoms with Gasteiger partial charge in [-0.3, -0.25) is 0 Å². The summed E-state index contributed by atoms with van der Waals surface area (Å²) in [6, 6.07) is 3.23. The van der Waals surface area contributed by atoms with Gasteiger partial charge in [-0.2, -0.15) is 0 Å². The average Bonchev–Trinajstić information content (AvgIpc) is 2.37. The van der Waals surface area contributed by atoms with E-state index in [0.29, 0.717) is 0 Å². The summed E-state index contributed by atoms with van der Waals surface area (Å²) in [5.41, 5.74) is 5.64. The second kappa shape index (κ2) is 7.58. The minimum atomic E-state index is -3.96. The lowest BCUT2D eigenvalue weighted by Crippen LogP contribution is -2.29. The summed E-state index contributed by atoms with van der Waals surface area (Å²) in [5, 5.41) is 0. The van der Waals surface area contributed by atoms with Crippen molar-refractivity contribution in [2.24, 2.45) is 5.73 Å². The van der Waals surface area contributed by atoms with Gasteiger partial charge in [0.2, 0.25) is 10.0 Å². The van der Waals surface area contributed by atoms with Crippen molar-refractivity contribution < 1.29 is 26.3 Å². The van der Waals surface area contributed by atoms with Gasteiger partial charge in [0.05, 0.1) is 11.5 Å². The van der Waals surface area contributed by atoms with E-state index in [0.717, 1.165) is 12.1 Å². The zero-order chi connectivity index (χ0) is 15.2. The Morgan fingerprint density at radius 1 is 1.35 bits per heavy atom. The highest BCUT2D eigenvalue weighted by Crippen LogP contribution is 2.16. The third-order valence-electron chi connectivity index (χ3n) is 2.32. The fourth-order valence-corrected chi connectivity index (χ4v) is 2.72. The van der Waals surface area contributed by atoms with Gasteiger partial charge in [0.25, 0.3) is 6.43 Å². The van der Waals surface area contributed by atoms with Crippen LogP contribution in [0.15, 0.2) is 23.1 Å². The number of rotatable bonds is 8. The molecule has 0 spiro atoms. The number of nitrogens with one attached hydrogen (secondary N) is 1. The van der Waals surface area contributed by atoms with Crippen LogP contribution in [-0.4, -0.2) is 34.6 Å². The van der Waals surface area contributed by atoms with Crippen LogP contribution in [0.3, 0.4) is 0 Å². The van der Waals surface area contributed by atoms with Gasteiger partial charge >= 0.3 is 0 Å². The van der Waals surface area contributed by atoms with Crippen molar-refractivity contribution in [1.29, 1.82) is 0 Å². The number of alkyl halides is 2. The number of nitrogens with two attached hydrogens (primary N) is 1. The first kappa shape index (κ1) is 16.9. The molecule has 0 aliphatic heterocycles. The maximum Gasteiger partial charge on any atom is 0.261 e. The standard InChI is InChI=1S/C11H15F3N2O3S/c12-9-2-1-8(6-15)10(5-9)20(17,18)16-3-4-19-7-11(13)14/h1-2,5,11,16H,3-4,6-7,15H2. The summed E-state index contributed by atoms with van der Waals surface area (Å²) in [4.78, 5) is -0.270. The van der Waals surface area contributed by atoms with Crippen LogP contribution < -0.4 is 10.5 Å². The topological polar surface area (TPSA) is 81.4 Å². The number of sulfonamides is 1. The van der Waals surface area contributed by atoms with E-state index in [2.05, 4.69) is 9.46 Å². The Bertz CT molecular complexity index is 538. The van der Waals surface area contributed by atoms with Crippen molar-refractivity contribution in [1.82, 2.24) is 4.72 Å². The highest BCUT2D eigenvalue weighted by Gasteiger charge is 2.18. The zero-order valence-electron chi connectivity index (χ0n) is 10.5. The summed E-state index contributed by atoms with van der Waals surface area (Å²) in [6.07, 6.45) is -2.61. The molecule has 0 aromatic heterocycles. The van der Waals surface area contributed by atoms with E-state index in [9.17, 15) is 21.6 Å². The van der Waals surface area contributed by atoms with E-state index in [1.54, 1.807) is 0 Å². The van der Waals surface area contributed by atoms with E-state index < -0.39 is 28.9 Å². The molecule has 5 nitrogen and oxygen atoms in total. The predicted octanol–water partition coefficient (Wildman–Crippen LogP) is 0.844. The number of hydrogen-bond donors (Lipinski definition) is 2. The molecular formula is C11H15F3N2O3S. The molecule has 0 radical (unpaired) electrons. The van der Waals surface area contributed by atoms with E-state index in [1.807, 2.05) is 0 Å². The van der Waals surface area contributed by atoms with Gasteiger partial charge < -0.3 is 10.5 Å². The quantitative estimate of drug-likeness (QED) is 0.697. The van der Waals surface area contributed by atoms with Gasteiger partial charge in [0.1, 0.15) is 12.4 Å². The van der Waals surface area contributed by atoms with Crippen LogP contribution in [0.4, 0.5) is 13.2 Å². The van der Waals surface area contributed by atoms with Crippen LogP contribution in [0.1, 0.15) is 5.56 Å². The SMILES string of the molecule is NCc1ccc(F)cc1S(=O)(=O)NCCOCC(F)F. The van der Waals surface area contributed by atoms with Crippen molar-refractivity contribution in [2.45, 2.75) is 17.9 Å². The normalized spacial score (nSPS) is 12.1. The van der Waals surface area contributed by atoms with Gasteiger partial charge in [-0.05, 0) is 17.7 Å². The van der Waals surface area contributed by atoms with Crippen molar-refractivity contribution in [3.05, 3.63) is 29.6 Å².